The van der Waals surface area contributed by atoms with Crippen LogP contribution in [-0.4, -0.2) is 25.2 Å². The second-order valence-corrected chi connectivity index (χ2v) is 3.54. The summed E-state index contributed by atoms with van der Waals surface area (Å²) in [6.07, 6.45) is 1.38. The molecule has 1 aromatic heterocycles. The molecule has 0 radical (unpaired) electrons. The van der Waals surface area contributed by atoms with Crippen LogP contribution in [0.2, 0.25) is 0 Å². The Morgan fingerprint density at radius 2 is 1.89 bits per heavy atom. The summed E-state index contributed by atoms with van der Waals surface area (Å²) in [7, 11) is 0. The summed E-state index contributed by atoms with van der Waals surface area (Å²) < 4.78 is 14.9. The van der Waals surface area contributed by atoms with Gasteiger partial charge in [-0.2, -0.15) is 0 Å². The number of aryl methyl sites for hydroxylation is 1. The first-order valence-corrected chi connectivity index (χ1v) is 5.64. The van der Waals surface area contributed by atoms with Gasteiger partial charge in [-0.3, -0.25) is 0 Å². The van der Waals surface area contributed by atoms with Crippen molar-refractivity contribution in [2.75, 3.05) is 13.2 Å². The normalized spacial score (nSPS) is 9.94. The van der Waals surface area contributed by atoms with Gasteiger partial charge in [0.25, 0.3) is 0 Å². The van der Waals surface area contributed by atoms with Crippen LogP contribution in [0, 0.1) is 6.92 Å². The zero-order chi connectivity index (χ0) is 13.7. The average molecular weight is 252 g/mol. The maximum absolute atomic E-state index is 11.8. The molecule has 0 aromatic carbocycles. The van der Waals surface area contributed by atoms with Crippen LogP contribution in [0.1, 0.15) is 35.5 Å². The second-order valence-electron chi connectivity index (χ2n) is 3.54. The Bertz CT molecular complexity index is 470. The lowest BCUT2D eigenvalue weighted by molar-refractivity contribution is -0.136. The van der Waals surface area contributed by atoms with Crippen molar-refractivity contribution in [1.29, 1.82) is 0 Å². The van der Waals surface area contributed by atoms with Gasteiger partial charge in [0.2, 0.25) is 0 Å². The smallest absolute Gasteiger partial charge is 0.342 e. The van der Waals surface area contributed by atoms with Crippen molar-refractivity contribution in [2.45, 2.75) is 20.8 Å². The molecule has 5 nitrogen and oxygen atoms in total. The molecule has 1 heterocycles. The van der Waals surface area contributed by atoms with E-state index in [9.17, 15) is 9.59 Å². The summed E-state index contributed by atoms with van der Waals surface area (Å²) in [5.74, 6) is -1.05. The molecular weight excluding hydrogens is 236 g/mol. The fourth-order valence-corrected chi connectivity index (χ4v) is 1.43. The second kappa shape index (κ2) is 6.05. The van der Waals surface area contributed by atoms with Crippen LogP contribution < -0.4 is 0 Å². The van der Waals surface area contributed by atoms with Crippen molar-refractivity contribution in [2.24, 2.45) is 0 Å². The predicted molar refractivity (Wildman–Crippen MR) is 65.1 cm³/mol. The van der Waals surface area contributed by atoms with Gasteiger partial charge in [-0.15, -0.1) is 0 Å². The number of hydrogen-bond acceptors (Lipinski definition) is 5. The number of esters is 2. The third kappa shape index (κ3) is 2.80. The van der Waals surface area contributed by atoms with E-state index in [0.717, 1.165) is 0 Å². The Morgan fingerprint density at radius 3 is 2.44 bits per heavy atom. The van der Waals surface area contributed by atoms with E-state index in [1.165, 1.54) is 6.26 Å². The highest BCUT2D eigenvalue weighted by Gasteiger charge is 2.25. The standard InChI is InChI=1S/C13H16O5/c1-5-16-12(14)9(4)11-10(8(3)7-18-11)13(15)17-6-2/h7H,4-6H2,1-3H3. The Morgan fingerprint density at radius 1 is 1.28 bits per heavy atom. The van der Waals surface area contributed by atoms with Gasteiger partial charge in [-0.05, 0) is 20.8 Å². The number of ether oxygens (including phenoxy) is 2. The molecule has 1 aromatic rings. The molecule has 18 heavy (non-hydrogen) atoms. The Balaban J connectivity index is 3.07. The van der Waals surface area contributed by atoms with Gasteiger partial charge in [0.15, 0.2) is 5.76 Å². The highest BCUT2D eigenvalue weighted by Crippen LogP contribution is 2.25. The minimum Gasteiger partial charge on any atom is -0.463 e. The minimum atomic E-state index is -0.614. The van der Waals surface area contributed by atoms with E-state index in [2.05, 4.69) is 6.58 Å². The van der Waals surface area contributed by atoms with Crippen LogP contribution in [0.15, 0.2) is 17.3 Å². The SMILES string of the molecule is C=C(C(=O)OCC)c1occ(C)c1C(=O)OCC. The van der Waals surface area contributed by atoms with Crippen molar-refractivity contribution in [1.82, 2.24) is 0 Å². The van der Waals surface area contributed by atoms with Crippen LogP contribution in [-0.2, 0) is 14.3 Å². The lowest BCUT2D eigenvalue weighted by Gasteiger charge is -2.06. The van der Waals surface area contributed by atoms with Crippen molar-refractivity contribution in [3.63, 3.8) is 0 Å². The molecule has 5 heteroatoms. The molecule has 0 aliphatic carbocycles. The van der Waals surface area contributed by atoms with Crippen molar-refractivity contribution >= 4 is 17.5 Å². The maximum atomic E-state index is 11.8. The molecule has 0 amide bonds. The molecule has 0 atom stereocenters. The van der Waals surface area contributed by atoms with Gasteiger partial charge in [-0.25, -0.2) is 9.59 Å². The molecule has 0 unspecified atom stereocenters. The highest BCUT2D eigenvalue weighted by molar-refractivity contribution is 6.17. The van der Waals surface area contributed by atoms with Gasteiger partial charge in [0, 0.05) is 5.56 Å². The van der Waals surface area contributed by atoms with Crippen molar-refractivity contribution in [3.05, 3.63) is 29.7 Å². The lowest BCUT2D eigenvalue weighted by Crippen LogP contribution is -2.11. The van der Waals surface area contributed by atoms with Crippen LogP contribution >= 0.6 is 0 Å². The molecule has 0 bridgehead atoms. The first-order chi connectivity index (χ1) is 8.52. The predicted octanol–water partition coefficient (Wildman–Crippen LogP) is 2.34. The largest absolute Gasteiger partial charge is 0.463 e. The van der Waals surface area contributed by atoms with E-state index < -0.39 is 11.9 Å². The van der Waals surface area contributed by atoms with Crippen LogP contribution in [0.4, 0.5) is 0 Å². The Labute approximate surface area is 105 Å². The summed E-state index contributed by atoms with van der Waals surface area (Å²) >= 11 is 0. The number of hydrogen-bond donors (Lipinski definition) is 0. The molecule has 0 spiro atoms. The summed E-state index contributed by atoms with van der Waals surface area (Å²) in [5, 5.41) is 0. The summed E-state index contributed by atoms with van der Waals surface area (Å²) in [5.41, 5.74) is 0.816. The number of furan rings is 1. The van der Waals surface area contributed by atoms with Gasteiger partial charge in [-0.1, -0.05) is 6.58 Å². The number of rotatable bonds is 5. The average Bonchev–Trinajstić information content (AvgIpc) is 2.70. The topological polar surface area (TPSA) is 65.7 Å². The van der Waals surface area contributed by atoms with E-state index in [1.54, 1.807) is 20.8 Å². The molecule has 0 aliphatic rings. The molecule has 98 valence electrons. The fraction of sp³-hybridized carbons (Fsp3) is 0.385. The lowest BCUT2D eigenvalue weighted by atomic mass is 10.1. The Hall–Kier alpha value is -2.04. The van der Waals surface area contributed by atoms with Gasteiger partial charge < -0.3 is 13.9 Å². The first kappa shape index (κ1) is 14.0. The van der Waals surface area contributed by atoms with E-state index in [-0.39, 0.29) is 30.1 Å². The number of carbonyl (C=O) groups excluding carboxylic acids is 2. The molecule has 0 fully saturated rings. The zero-order valence-corrected chi connectivity index (χ0v) is 10.7. The molecular formula is C13H16O5. The first-order valence-electron chi connectivity index (χ1n) is 5.64. The van der Waals surface area contributed by atoms with E-state index in [4.69, 9.17) is 13.9 Å². The third-order valence-corrected chi connectivity index (χ3v) is 2.25. The van der Waals surface area contributed by atoms with Crippen molar-refractivity contribution < 1.29 is 23.5 Å². The molecule has 0 aliphatic heterocycles. The van der Waals surface area contributed by atoms with Crippen LogP contribution in [0.25, 0.3) is 5.57 Å². The van der Waals surface area contributed by atoms with E-state index in [0.29, 0.717) is 5.56 Å². The monoisotopic (exact) mass is 252 g/mol. The van der Waals surface area contributed by atoms with Gasteiger partial charge >= 0.3 is 11.9 Å². The Kier molecular flexibility index (Phi) is 4.71. The van der Waals surface area contributed by atoms with Gasteiger partial charge in [0.1, 0.15) is 5.56 Å². The van der Waals surface area contributed by atoms with Gasteiger partial charge in [0.05, 0.1) is 25.1 Å². The summed E-state index contributed by atoms with van der Waals surface area (Å²) in [4.78, 5) is 23.3. The summed E-state index contributed by atoms with van der Waals surface area (Å²) in [6.45, 7) is 9.14. The quantitative estimate of drug-likeness (QED) is 0.594. The molecule has 0 N–H and O–H groups in total. The minimum absolute atomic E-state index is 0.00741. The maximum Gasteiger partial charge on any atom is 0.342 e. The zero-order valence-electron chi connectivity index (χ0n) is 10.7. The fourth-order valence-electron chi connectivity index (χ4n) is 1.43. The summed E-state index contributed by atoms with van der Waals surface area (Å²) in [6, 6.07) is 0. The third-order valence-electron chi connectivity index (χ3n) is 2.25. The molecule has 0 saturated heterocycles. The number of carbonyl (C=O) groups is 2. The van der Waals surface area contributed by atoms with Crippen molar-refractivity contribution in [3.8, 4) is 0 Å². The van der Waals surface area contributed by atoms with Crippen LogP contribution in [0.3, 0.4) is 0 Å². The molecule has 1 rings (SSSR count). The molecule has 0 saturated carbocycles. The highest BCUT2D eigenvalue weighted by atomic mass is 16.5. The van der Waals surface area contributed by atoms with E-state index in [1.807, 2.05) is 0 Å². The van der Waals surface area contributed by atoms with Crippen LogP contribution in [0.5, 0.6) is 0 Å². The van der Waals surface area contributed by atoms with E-state index >= 15 is 0 Å².